The quantitative estimate of drug-likeness (QED) is 0.653. The van der Waals surface area contributed by atoms with Gasteiger partial charge in [-0.1, -0.05) is 30.3 Å². The number of esters is 1. The second-order valence-electron chi connectivity index (χ2n) is 5.28. The lowest BCUT2D eigenvalue weighted by atomic mass is 10.1. The summed E-state index contributed by atoms with van der Waals surface area (Å²) in [6.45, 7) is 1.19. The molecule has 2 fully saturated rings. The first kappa shape index (κ1) is 14.4. The Kier molecular flexibility index (Phi) is 4.27. The lowest BCUT2D eigenvalue weighted by Crippen LogP contribution is -2.38. The van der Waals surface area contributed by atoms with Crippen LogP contribution in [0.15, 0.2) is 41.6 Å². The fraction of sp³-hybridized carbons (Fsp3) is 0.375. The molecule has 2 saturated heterocycles. The zero-order valence-corrected chi connectivity index (χ0v) is 12.1. The van der Waals surface area contributed by atoms with Crippen LogP contribution >= 0.6 is 0 Å². The molecule has 0 aliphatic carbocycles. The Morgan fingerprint density at radius 2 is 2.18 bits per heavy atom. The van der Waals surface area contributed by atoms with Crippen LogP contribution in [-0.4, -0.2) is 31.3 Å². The van der Waals surface area contributed by atoms with E-state index in [9.17, 15) is 9.59 Å². The van der Waals surface area contributed by atoms with E-state index in [-0.39, 0.29) is 19.2 Å². The van der Waals surface area contributed by atoms with Crippen molar-refractivity contribution in [1.29, 1.82) is 0 Å². The molecule has 0 radical (unpaired) electrons. The van der Waals surface area contributed by atoms with Crippen molar-refractivity contribution in [1.82, 2.24) is 10.6 Å². The maximum Gasteiger partial charge on any atom is 0.408 e. The first-order valence-electron chi connectivity index (χ1n) is 7.35. The fourth-order valence-electron chi connectivity index (χ4n) is 2.64. The molecule has 2 heterocycles. The molecule has 6 nitrogen and oxygen atoms in total. The molecule has 0 bridgehead atoms. The van der Waals surface area contributed by atoms with Gasteiger partial charge in [-0.2, -0.15) is 0 Å². The predicted octanol–water partition coefficient (Wildman–Crippen LogP) is 1.48. The van der Waals surface area contributed by atoms with E-state index in [0.717, 1.165) is 30.6 Å². The first-order valence-corrected chi connectivity index (χ1v) is 7.35. The number of ether oxygens (including phenoxy) is 2. The molecule has 0 saturated carbocycles. The van der Waals surface area contributed by atoms with Crippen molar-refractivity contribution in [2.24, 2.45) is 0 Å². The second-order valence-corrected chi connectivity index (χ2v) is 5.28. The number of cyclic esters (lactones) is 1. The minimum absolute atomic E-state index is 0.153. The van der Waals surface area contributed by atoms with Crippen LogP contribution in [0, 0.1) is 0 Å². The number of carbonyl (C=O) groups excluding carboxylic acids is 2. The van der Waals surface area contributed by atoms with Crippen molar-refractivity contribution in [3.63, 3.8) is 0 Å². The third kappa shape index (κ3) is 3.21. The number of amides is 1. The Morgan fingerprint density at radius 3 is 2.91 bits per heavy atom. The molecule has 0 spiro atoms. The highest BCUT2D eigenvalue weighted by Crippen LogP contribution is 2.23. The van der Waals surface area contributed by atoms with Crippen LogP contribution in [0.1, 0.15) is 18.4 Å². The maximum absolute atomic E-state index is 11.9. The van der Waals surface area contributed by atoms with Crippen LogP contribution in [0.25, 0.3) is 0 Å². The molecule has 0 aromatic heterocycles. The normalized spacial score (nSPS) is 23.8. The Hall–Kier alpha value is -2.50. The maximum atomic E-state index is 11.9. The highest BCUT2D eigenvalue weighted by atomic mass is 16.6. The number of carbonyl (C=O) groups is 2. The van der Waals surface area contributed by atoms with Crippen LogP contribution in [0.3, 0.4) is 0 Å². The molecule has 1 atom stereocenters. The summed E-state index contributed by atoms with van der Waals surface area (Å²) < 4.78 is 10.2. The molecule has 6 heteroatoms. The lowest BCUT2D eigenvalue weighted by molar-refractivity contribution is -0.135. The van der Waals surface area contributed by atoms with E-state index in [4.69, 9.17) is 9.47 Å². The topological polar surface area (TPSA) is 76.7 Å². The molecule has 1 aromatic rings. The van der Waals surface area contributed by atoms with Crippen LogP contribution in [0.4, 0.5) is 4.79 Å². The molecule has 3 rings (SSSR count). The summed E-state index contributed by atoms with van der Waals surface area (Å²) in [4.78, 5) is 23.7. The van der Waals surface area contributed by atoms with Crippen LogP contribution in [0.5, 0.6) is 0 Å². The fourth-order valence-corrected chi connectivity index (χ4v) is 2.64. The summed E-state index contributed by atoms with van der Waals surface area (Å²) in [7, 11) is 0. The average molecular weight is 302 g/mol. The van der Waals surface area contributed by atoms with Gasteiger partial charge < -0.3 is 20.1 Å². The number of allylic oxidation sites excluding steroid dienone is 1. The molecular formula is C16H18N2O4. The van der Waals surface area contributed by atoms with Gasteiger partial charge >= 0.3 is 12.1 Å². The van der Waals surface area contributed by atoms with Crippen LogP contribution in [-0.2, 0) is 20.9 Å². The van der Waals surface area contributed by atoms with E-state index >= 15 is 0 Å². The monoisotopic (exact) mass is 302 g/mol. The molecule has 2 aliphatic heterocycles. The number of rotatable bonds is 3. The molecular weight excluding hydrogens is 284 g/mol. The van der Waals surface area contributed by atoms with Crippen LogP contribution in [0.2, 0.25) is 0 Å². The van der Waals surface area contributed by atoms with Gasteiger partial charge in [0.05, 0.1) is 5.57 Å². The van der Waals surface area contributed by atoms with E-state index in [0.29, 0.717) is 5.57 Å². The van der Waals surface area contributed by atoms with Gasteiger partial charge in [-0.25, -0.2) is 9.59 Å². The number of hydrogen-bond donors (Lipinski definition) is 2. The van der Waals surface area contributed by atoms with Crippen molar-refractivity contribution in [3.05, 3.63) is 47.2 Å². The van der Waals surface area contributed by atoms with Gasteiger partial charge in [-0.15, -0.1) is 0 Å². The Bertz CT molecular complexity index is 589. The summed E-state index contributed by atoms with van der Waals surface area (Å²) in [5, 5.41) is 5.88. The Labute approximate surface area is 128 Å². The van der Waals surface area contributed by atoms with E-state index in [2.05, 4.69) is 10.6 Å². The minimum atomic E-state index is -0.553. The van der Waals surface area contributed by atoms with Gasteiger partial charge in [0.15, 0.2) is 0 Å². The molecule has 1 aromatic carbocycles. The van der Waals surface area contributed by atoms with Crippen molar-refractivity contribution in [2.45, 2.75) is 25.5 Å². The minimum Gasteiger partial charge on any atom is -0.460 e. The number of alkyl carbamates (subject to hydrolysis) is 1. The van der Waals surface area contributed by atoms with Gasteiger partial charge in [-0.3, -0.25) is 0 Å². The van der Waals surface area contributed by atoms with Gasteiger partial charge in [0.25, 0.3) is 0 Å². The standard InChI is InChI=1S/C16H18N2O4/c19-15-14(12-7-4-8-17-12)13(10-21-15)18-16(20)22-9-11-5-2-1-3-6-11/h1-3,5-6,13,17H,4,7-10H2,(H,18,20)/b14-12-/t13-/m1/s1. The molecule has 1 amide bonds. The van der Waals surface area contributed by atoms with Crippen molar-refractivity contribution in [2.75, 3.05) is 13.2 Å². The van der Waals surface area contributed by atoms with Crippen molar-refractivity contribution >= 4 is 12.1 Å². The predicted molar refractivity (Wildman–Crippen MR) is 78.8 cm³/mol. The van der Waals surface area contributed by atoms with Crippen molar-refractivity contribution < 1.29 is 19.1 Å². The van der Waals surface area contributed by atoms with E-state index < -0.39 is 12.1 Å². The molecule has 116 valence electrons. The zero-order chi connectivity index (χ0) is 15.4. The summed E-state index contributed by atoms with van der Waals surface area (Å²) in [5.41, 5.74) is 2.30. The van der Waals surface area contributed by atoms with Crippen LogP contribution < -0.4 is 10.6 Å². The molecule has 2 aliphatic rings. The smallest absolute Gasteiger partial charge is 0.408 e. The van der Waals surface area contributed by atoms with Gasteiger partial charge in [-0.05, 0) is 18.4 Å². The van der Waals surface area contributed by atoms with E-state index in [1.165, 1.54) is 0 Å². The molecule has 22 heavy (non-hydrogen) atoms. The van der Waals surface area contributed by atoms with E-state index in [1.807, 2.05) is 30.3 Å². The highest BCUT2D eigenvalue weighted by molar-refractivity contribution is 5.93. The third-order valence-electron chi connectivity index (χ3n) is 3.72. The Balaban J connectivity index is 1.59. The zero-order valence-electron chi connectivity index (χ0n) is 12.1. The SMILES string of the molecule is O=C(N[C@@H]1COC(=O)/C1=C1/CCCN1)OCc1ccccc1. The van der Waals surface area contributed by atoms with Gasteiger partial charge in [0.1, 0.15) is 19.3 Å². The van der Waals surface area contributed by atoms with Gasteiger partial charge in [0.2, 0.25) is 0 Å². The van der Waals surface area contributed by atoms with Gasteiger partial charge in [0, 0.05) is 12.2 Å². The summed E-state index contributed by atoms with van der Waals surface area (Å²) in [6, 6.07) is 8.98. The largest absolute Gasteiger partial charge is 0.460 e. The number of hydrogen-bond acceptors (Lipinski definition) is 5. The molecule has 2 N–H and O–H groups in total. The average Bonchev–Trinajstić information content (AvgIpc) is 3.16. The summed E-state index contributed by atoms with van der Waals surface area (Å²) >= 11 is 0. The first-order chi connectivity index (χ1) is 10.7. The van der Waals surface area contributed by atoms with Crippen molar-refractivity contribution in [3.8, 4) is 0 Å². The highest BCUT2D eigenvalue weighted by Gasteiger charge is 2.35. The second kappa shape index (κ2) is 6.51. The summed E-state index contributed by atoms with van der Waals surface area (Å²) in [6.07, 6.45) is 1.24. The third-order valence-corrected chi connectivity index (χ3v) is 3.72. The number of benzene rings is 1. The van der Waals surface area contributed by atoms with E-state index in [1.54, 1.807) is 0 Å². The molecule has 0 unspecified atom stereocenters. The summed E-state index contributed by atoms with van der Waals surface area (Å²) in [5.74, 6) is -0.363. The number of nitrogens with one attached hydrogen (secondary N) is 2. The Morgan fingerprint density at radius 1 is 1.36 bits per heavy atom. The lowest BCUT2D eigenvalue weighted by Gasteiger charge is -2.13.